The first-order valence-corrected chi connectivity index (χ1v) is 3.27. The summed E-state index contributed by atoms with van der Waals surface area (Å²) < 4.78 is 4.45. The number of aliphatic hydroxyl groups is 1. The van der Waals surface area contributed by atoms with E-state index < -0.39 is 12.3 Å². The number of rotatable bonds is 4. The normalized spacial score (nSPS) is 12.3. The quantitative estimate of drug-likeness (QED) is 0.358. The lowest BCUT2D eigenvalue weighted by atomic mass is 10.3. The molecule has 0 fully saturated rings. The molecule has 1 atom stereocenters. The van der Waals surface area contributed by atoms with Gasteiger partial charge in [-0.25, -0.2) is 4.79 Å². The predicted molar refractivity (Wildman–Crippen MR) is 39.5 cm³/mol. The van der Waals surface area contributed by atoms with Gasteiger partial charge in [0.15, 0.2) is 0 Å². The van der Waals surface area contributed by atoms with Crippen LogP contribution in [0.3, 0.4) is 0 Å². The molecule has 0 rings (SSSR count). The highest BCUT2D eigenvalue weighted by Crippen LogP contribution is 1.98. The molecule has 4 nitrogen and oxygen atoms in total. The maximum atomic E-state index is 10.7. The van der Waals surface area contributed by atoms with E-state index in [0.717, 1.165) is 0 Å². The molecule has 63 valence electrons. The van der Waals surface area contributed by atoms with Crippen molar-refractivity contribution < 1.29 is 14.6 Å². The monoisotopic (exact) mass is 158 g/mol. The van der Waals surface area contributed by atoms with Gasteiger partial charge in [0, 0.05) is 18.5 Å². The highest BCUT2D eigenvalue weighted by Gasteiger charge is 2.09. The fourth-order valence-electron chi connectivity index (χ4n) is 0.407. The Morgan fingerprint density at radius 1 is 1.82 bits per heavy atom. The summed E-state index contributed by atoms with van der Waals surface area (Å²) >= 11 is 0. The molecule has 0 saturated heterocycles. The van der Waals surface area contributed by atoms with Crippen molar-refractivity contribution >= 4 is 5.97 Å². The third-order valence-electron chi connectivity index (χ3n) is 0.983. The van der Waals surface area contributed by atoms with Crippen LogP contribution in [0.25, 0.3) is 0 Å². The Kier molecular flexibility index (Phi) is 4.49. The Bertz CT molecular complexity index is 156. The average Bonchev–Trinajstić information content (AvgIpc) is 1.87. The van der Waals surface area contributed by atoms with E-state index in [0.29, 0.717) is 0 Å². The molecule has 0 amide bonds. The van der Waals surface area contributed by atoms with Crippen LogP contribution in [0.1, 0.15) is 13.3 Å². The minimum Gasteiger partial charge on any atom is -0.433 e. The number of nitrogens with one attached hydrogen (secondary N) is 1. The molecule has 0 bridgehead atoms. The van der Waals surface area contributed by atoms with Gasteiger partial charge in [-0.15, -0.1) is 0 Å². The average molecular weight is 158 g/mol. The summed E-state index contributed by atoms with van der Waals surface area (Å²) in [6.45, 7) is 4.86. The standard InChI is InChI=1S/C7H12NO3/c1-5(2)7(10)11-6(9)3-4-8/h6,8-9H,1,3-4H2,2H3. The second-order valence-corrected chi connectivity index (χ2v) is 2.18. The van der Waals surface area contributed by atoms with E-state index in [4.69, 9.17) is 10.8 Å². The van der Waals surface area contributed by atoms with E-state index in [1.54, 1.807) is 0 Å². The largest absolute Gasteiger partial charge is 0.433 e. The summed E-state index contributed by atoms with van der Waals surface area (Å²) in [6, 6.07) is 0. The third kappa shape index (κ3) is 4.52. The van der Waals surface area contributed by atoms with Gasteiger partial charge in [-0.05, 0) is 6.92 Å². The highest BCUT2D eigenvalue weighted by atomic mass is 16.6. The van der Waals surface area contributed by atoms with Crippen LogP contribution in [0.5, 0.6) is 0 Å². The Morgan fingerprint density at radius 2 is 2.36 bits per heavy atom. The molecule has 0 spiro atoms. The number of carbonyl (C=O) groups is 1. The van der Waals surface area contributed by atoms with E-state index in [-0.39, 0.29) is 18.5 Å². The zero-order chi connectivity index (χ0) is 8.85. The van der Waals surface area contributed by atoms with Crippen LogP contribution in [-0.4, -0.2) is 23.9 Å². The first-order valence-electron chi connectivity index (χ1n) is 3.27. The first kappa shape index (κ1) is 10.1. The summed E-state index contributed by atoms with van der Waals surface area (Å²) in [6.07, 6.45) is -1.03. The highest BCUT2D eigenvalue weighted by molar-refractivity contribution is 5.86. The van der Waals surface area contributed by atoms with Crippen LogP contribution in [0.2, 0.25) is 0 Å². The van der Waals surface area contributed by atoms with Crippen molar-refractivity contribution in [3.8, 4) is 0 Å². The molecule has 0 aliphatic carbocycles. The fourth-order valence-corrected chi connectivity index (χ4v) is 0.407. The van der Waals surface area contributed by atoms with Crippen LogP contribution in [-0.2, 0) is 9.53 Å². The molecule has 11 heavy (non-hydrogen) atoms. The van der Waals surface area contributed by atoms with Crippen LogP contribution in [0.15, 0.2) is 12.2 Å². The van der Waals surface area contributed by atoms with E-state index in [1.807, 2.05) is 0 Å². The third-order valence-corrected chi connectivity index (χ3v) is 0.983. The Labute approximate surface area is 65.6 Å². The van der Waals surface area contributed by atoms with Crippen LogP contribution >= 0.6 is 0 Å². The van der Waals surface area contributed by atoms with Crippen LogP contribution in [0.4, 0.5) is 0 Å². The molecule has 0 saturated carbocycles. The van der Waals surface area contributed by atoms with Gasteiger partial charge >= 0.3 is 5.97 Å². The van der Waals surface area contributed by atoms with Gasteiger partial charge in [-0.1, -0.05) is 6.58 Å². The van der Waals surface area contributed by atoms with Crippen LogP contribution in [0, 0.1) is 0 Å². The number of hydrogen-bond donors (Lipinski definition) is 1. The summed E-state index contributed by atoms with van der Waals surface area (Å²) in [4.78, 5) is 10.7. The van der Waals surface area contributed by atoms with Crippen molar-refractivity contribution in [1.29, 1.82) is 0 Å². The number of hydrogen-bond acceptors (Lipinski definition) is 3. The van der Waals surface area contributed by atoms with Gasteiger partial charge in [0.1, 0.15) is 0 Å². The second-order valence-electron chi connectivity index (χ2n) is 2.18. The van der Waals surface area contributed by atoms with Gasteiger partial charge in [-0.2, -0.15) is 0 Å². The molecule has 1 radical (unpaired) electrons. The van der Waals surface area contributed by atoms with E-state index in [1.165, 1.54) is 6.92 Å². The summed E-state index contributed by atoms with van der Waals surface area (Å²) in [7, 11) is 0. The predicted octanol–water partition coefficient (Wildman–Crippen LogP) is 0.0971. The minimum atomic E-state index is -1.17. The molecule has 4 heteroatoms. The molecular weight excluding hydrogens is 146 g/mol. The van der Waals surface area contributed by atoms with Gasteiger partial charge < -0.3 is 9.84 Å². The van der Waals surface area contributed by atoms with Crippen molar-refractivity contribution in [3.05, 3.63) is 12.2 Å². The van der Waals surface area contributed by atoms with Crippen LogP contribution < -0.4 is 5.73 Å². The fraction of sp³-hybridized carbons (Fsp3) is 0.571. The lowest BCUT2D eigenvalue weighted by Gasteiger charge is -2.09. The zero-order valence-corrected chi connectivity index (χ0v) is 6.46. The maximum absolute atomic E-state index is 10.7. The Balaban J connectivity index is 3.66. The van der Waals surface area contributed by atoms with Crippen molar-refractivity contribution in [2.24, 2.45) is 0 Å². The number of esters is 1. The van der Waals surface area contributed by atoms with E-state index >= 15 is 0 Å². The molecule has 1 unspecified atom stereocenters. The molecule has 0 aromatic carbocycles. The topological polar surface area (TPSA) is 70.3 Å². The molecule has 2 N–H and O–H groups in total. The Morgan fingerprint density at radius 3 is 2.73 bits per heavy atom. The number of aliphatic hydroxyl groups excluding tert-OH is 1. The molecule has 0 aromatic rings. The molecule has 0 aromatic heterocycles. The van der Waals surface area contributed by atoms with E-state index in [9.17, 15) is 4.79 Å². The lowest BCUT2D eigenvalue weighted by Crippen LogP contribution is -2.19. The first-order chi connectivity index (χ1) is 5.07. The van der Waals surface area contributed by atoms with Gasteiger partial charge in [0.2, 0.25) is 6.29 Å². The molecule has 0 aliphatic rings. The lowest BCUT2D eigenvalue weighted by molar-refractivity contribution is -0.163. The zero-order valence-electron chi connectivity index (χ0n) is 6.46. The Hall–Kier alpha value is -0.870. The molecule has 0 aliphatic heterocycles. The van der Waals surface area contributed by atoms with Crippen molar-refractivity contribution in [2.75, 3.05) is 6.54 Å². The van der Waals surface area contributed by atoms with E-state index in [2.05, 4.69) is 11.3 Å². The van der Waals surface area contributed by atoms with Gasteiger partial charge in [0.05, 0.1) is 0 Å². The van der Waals surface area contributed by atoms with Gasteiger partial charge in [0.25, 0.3) is 0 Å². The smallest absolute Gasteiger partial charge is 0.335 e. The van der Waals surface area contributed by atoms with Gasteiger partial charge in [-0.3, -0.25) is 5.73 Å². The summed E-state index contributed by atoms with van der Waals surface area (Å²) in [5, 5.41) is 8.86. The summed E-state index contributed by atoms with van der Waals surface area (Å²) in [5.41, 5.74) is 6.96. The molecular formula is C7H12NO3. The van der Waals surface area contributed by atoms with Crippen molar-refractivity contribution in [2.45, 2.75) is 19.6 Å². The number of carbonyl (C=O) groups excluding carboxylic acids is 1. The minimum absolute atomic E-state index is 0.0324. The maximum Gasteiger partial charge on any atom is 0.335 e. The molecule has 0 heterocycles. The second kappa shape index (κ2) is 4.87. The summed E-state index contributed by atoms with van der Waals surface area (Å²) in [5.74, 6) is -0.619. The SMILES string of the molecule is C=C(C)C(=O)OC(O)CC[NH]. The number of ether oxygens (including phenoxy) is 1. The van der Waals surface area contributed by atoms with Crippen molar-refractivity contribution in [3.63, 3.8) is 0 Å². The van der Waals surface area contributed by atoms with Crippen molar-refractivity contribution in [1.82, 2.24) is 5.73 Å².